The first-order chi connectivity index (χ1) is 7.97. The molecule has 1 saturated heterocycles. The maximum Gasteiger partial charge on any atom is 0.0110 e. The van der Waals surface area contributed by atoms with Crippen molar-refractivity contribution in [2.75, 3.05) is 59.4 Å². The molecule has 0 amide bonds. The number of rotatable bonds is 6. The normalized spacial score (nSPS) is 19.8. The molecule has 1 heterocycles. The molecule has 1 rings (SSSR count). The molecule has 0 aromatic carbocycles. The summed E-state index contributed by atoms with van der Waals surface area (Å²) in [6.07, 6.45) is 0. The van der Waals surface area contributed by atoms with Crippen molar-refractivity contribution in [3.8, 4) is 0 Å². The van der Waals surface area contributed by atoms with Crippen LogP contribution < -0.4 is 10.6 Å². The smallest absolute Gasteiger partial charge is 0.0110 e. The van der Waals surface area contributed by atoms with Crippen molar-refractivity contribution in [1.82, 2.24) is 20.4 Å². The third-order valence-electron chi connectivity index (χ3n) is 3.16. The largest absolute Gasteiger partial charge is 0.314 e. The molecule has 1 fully saturated rings. The number of likely N-dealkylation sites (N-methyl/N-ethyl adjacent to an activating group) is 1. The van der Waals surface area contributed by atoms with Crippen LogP contribution in [0.15, 0.2) is 0 Å². The van der Waals surface area contributed by atoms with Crippen LogP contribution >= 0.6 is 0 Å². The summed E-state index contributed by atoms with van der Waals surface area (Å²) in [6, 6.07) is 0. The van der Waals surface area contributed by atoms with Crippen LogP contribution in [0.5, 0.6) is 0 Å². The molecule has 0 unspecified atom stereocenters. The van der Waals surface area contributed by atoms with Gasteiger partial charge in [0.15, 0.2) is 0 Å². The molecule has 1 aliphatic heterocycles. The predicted molar refractivity (Wildman–Crippen MR) is 74.6 cm³/mol. The Morgan fingerprint density at radius 2 is 1.59 bits per heavy atom. The Morgan fingerprint density at radius 3 is 2.18 bits per heavy atom. The Kier molecular flexibility index (Phi) is 6.41. The van der Waals surface area contributed by atoms with E-state index in [0.29, 0.717) is 0 Å². The number of nitrogens with zero attached hydrogens (tertiary/aromatic N) is 2. The second-order valence-corrected chi connectivity index (χ2v) is 6.07. The van der Waals surface area contributed by atoms with Gasteiger partial charge in [-0.2, -0.15) is 0 Å². The monoisotopic (exact) mass is 242 g/mol. The van der Waals surface area contributed by atoms with Crippen molar-refractivity contribution in [2.24, 2.45) is 0 Å². The fourth-order valence-electron chi connectivity index (χ4n) is 1.96. The molecule has 102 valence electrons. The molecule has 0 aromatic heterocycles. The maximum atomic E-state index is 3.50. The van der Waals surface area contributed by atoms with Gasteiger partial charge in [-0.25, -0.2) is 0 Å². The number of hydrogen-bond acceptors (Lipinski definition) is 4. The van der Waals surface area contributed by atoms with Gasteiger partial charge in [-0.05, 0) is 27.8 Å². The summed E-state index contributed by atoms with van der Waals surface area (Å²) >= 11 is 0. The topological polar surface area (TPSA) is 30.5 Å². The average molecular weight is 242 g/mol. The Labute approximate surface area is 107 Å². The summed E-state index contributed by atoms with van der Waals surface area (Å²) in [5.41, 5.74) is 0.235. The number of nitrogens with one attached hydrogen (secondary N) is 2. The van der Waals surface area contributed by atoms with Crippen LogP contribution in [0.2, 0.25) is 0 Å². The summed E-state index contributed by atoms with van der Waals surface area (Å²) in [5, 5.41) is 6.98. The van der Waals surface area contributed by atoms with Gasteiger partial charge in [0.2, 0.25) is 0 Å². The van der Waals surface area contributed by atoms with Gasteiger partial charge in [-0.3, -0.25) is 4.90 Å². The fraction of sp³-hybridized carbons (Fsp3) is 1.00. The van der Waals surface area contributed by atoms with Gasteiger partial charge in [-0.1, -0.05) is 0 Å². The first-order valence-corrected chi connectivity index (χ1v) is 6.84. The lowest BCUT2D eigenvalue weighted by Crippen LogP contribution is -2.47. The van der Waals surface area contributed by atoms with E-state index in [1.165, 1.54) is 32.7 Å². The Balaban J connectivity index is 1.91. The van der Waals surface area contributed by atoms with E-state index < -0.39 is 0 Å². The molecule has 0 aliphatic carbocycles. The lowest BCUT2D eigenvalue weighted by Gasteiger charge is -2.32. The van der Waals surface area contributed by atoms with Crippen molar-refractivity contribution in [2.45, 2.75) is 26.3 Å². The van der Waals surface area contributed by atoms with Crippen LogP contribution in [0.3, 0.4) is 0 Å². The van der Waals surface area contributed by atoms with Gasteiger partial charge in [0.1, 0.15) is 0 Å². The van der Waals surface area contributed by atoms with Crippen LogP contribution in [-0.4, -0.2) is 74.7 Å². The molecule has 2 N–H and O–H groups in total. The summed E-state index contributed by atoms with van der Waals surface area (Å²) in [5.74, 6) is 0. The highest BCUT2D eigenvalue weighted by atomic mass is 15.2. The second-order valence-electron chi connectivity index (χ2n) is 6.07. The Hall–Kier alpha value is -0.160. The van der Waals surface area contributed by atoms with E-state index in [4.69, 9.17) is 0 Å². The van der Waals surface area contributed by atoms with Gasteiger partial charge >= 0.3 is 0 Å². The zero-order chi connectivity index (χ0) is 12.7. The van der Waals surface area contributed by atoms with Gasteiger partial charge in [-0.15, -0.1) is 0 Å². The van der Waals surface area contributed by atoms with Crippen LogP contribution in [-0.2, 0) is 0 Å². The van der Waals surface area contributed by atoms with Gasteiger partial charge in [0, 0.05) is 57.9 Å². The number of hydrogen-bond donors (Lipinski definition) is 2. The van der Waals surface area contributed by atoms with E-state index in [9.17, 15) is 0 Å². The molecular formula is C13H30N4. The van der Waals surface area contributed by atoms with Gasteiger partial charge < -0.3 is 15.5 Å². The molecule has 0 saturated carbocycles. The second kappa shape index (κ2) is 7.31. The molecular weight excluding hydrogens is 212 g/mol. The molecule has 0 atom stereocenters. The summed E-state index contributed by atoms with van der Waals surface area (Å²) < 4.78 is 0. The van der Waals surface area contributed by atoms with E-state index in [0.717, 1.165) is 19.6 Å². The van der Waals surface area contributed by atoms with Crippen molar-refractivity contribution in [3.05, 3.63) is 0 Å². The first kappa shape index (κ1) is 14.9. The van der Waals surface area contributed by atoms with Gasteiger partial charge in [0.05, 0.1) is 0 Å². The molecule has 0 aromatic rings. The average Bonchev–Trinajstić information content (AvgIpc) is 2.24. The Morgan fingerprint density at radius 1 is 0.941 bits per heavy atom. The van der Waals surface area contributed by atoms with Crippen LogP contribution in [0.25, 0.3) is 0 Å². The fourth-order valence-corrected chi connectivity index (χ4v) is 1.96. The van der Waals surface area contributed by atoms with E-state index in [1.54, 1.807) is 0 Å². The quantitative estimate of drug-likeness (QED) is 0.652. The maximum absolute atomic E-state index is 3.50. The minimum absolute atomic E-state index is 0.235. The highest BCUT2D eigenvalue weighted by Gasteiger charge is 2.12. The standard InChI is InChI=1S/C13H30N4/c1-13(2,3)15-6-5-14-7-8-17-11-9-16(4)10-12-17/h14-15H,5-12H2,1-4H3. The van der Waals surface area contributed by atoms with E-state index in [-0.39, 0.29) is 5.54 Å². The molecule has 17 heavy (non-hydrogen) atoms. The molecule has 4 heteroatoms. The van der Waals surface area contributed by atoms with E-state index in [1.807, 2.05) is 0 Å². The summed E-state index contributed by atoms with van der Waals surface area (Å²) in [7, 11) is 2.20. The van der Waals surface area contributed by atoms with Crippen molar-refractivity contribution >= 4 is 0 Å². The van der Waals surface area contributed by atoms with Crippen LogP contribution in [0.4, 0.5) is 0 Å². The SMILES string of the molecule is CN1CCN(CCNCCNC(C)(C)C)CC1. The third-order valence-corrected chi connectivity index (χ3v) is 3.16. The zero-order valence-corrected chi connectivity index (χ0v) is 12.1. The molecule has 0 spiro atoms. The summed E-state index contributed by atoms with van der Waals surface area (Å²) in [6.45, 7) is 15.9. The van der Waals surface area contributed by atoms with Crippen LogP contribution in [0, 0.1) is 0 Å². The highest BCUT2D eigenvalue weighted by Crippen LogP contribution is 1.98. The Bertz CT molecular complexity index is 192. The van der Waals surface area contributed by atoms with E-state index in [2.05, 4.69) is 48.3 Å². The minimum Gasteiger partial charge on any atom is -0.314 e. The lowest BCUT2D eigenvalue weighted by molar-refractivity contribution is 0.155. The van der Waals surface area contributed by atoms with E-state index >= 15 is 0 Å². The van der Waals surface area contributed by atoms with Crippen molar-refractivity contribution in [3.63, 3.8) is 0 Å². The van der Waals surface area contributed by atoms with Gasteiger partial charge in [0.25, 0.3) is 0 Å². The van der Waals surface area contributed by atoms with Crippen molar-refractivity contribution < 1.29 is 0 Å². The summed E-state index contributed by atoms with van der Waals surface area (Å²) in [4.78, 5) is 4.95. The first-order valence-electron chi connectivity index (χ1n) is 6.84. The molecule has 4 nitrogen and oxygen atoms in total. The lowest BCUT2D eigenvalue weighted by atomic mass is 10.1. The number of piperazine rings is 1. The minimum atomic E-state index is 0.235. The molecule has 1 aliphatic rings. The highest BCUT2D eigenvalue weighted by molar-refractivity contribution is 4.72. The molecule has 0 radical (unpaired) electrons. The predicted octanol–water partition coefficient (Wildman–Crippen LogP) is 0.212. The van der Waals surface area contributed by atoms with Crippen molar-refractivity contribution in [1.29, 1.82) is 0 Å². The zero-order valence-electron chi connectivity index (χ0n) is 12.1. The van der Waals surface area contributed by atoms with Crippen LogP contribution in [0.1, 0.15) is 20.8 Å². The third kappa shape index (κ3) is 7.71. The molecule has 0 bridgehead atoms.